The highest BCUT2D eigenvalue weighted by molar-refractivity contribution is 5.73. The zero-order valence-corrected chi connectivity index (χ0v) is 15.3. The van der Waals surface area contributed by atoms with Gasteiger partial charge in [-0.25, -0.2) is 0 Å². The average Bonchev–Trinajstić information content (AvgIpc) is 3.36. The molecule has 0 aromatic heterocycles. The van der Waals surface area contributed by atoms with Gasteiger partial charge in [0.2, 0.25) is 5.91 Å². The highest BCUT2D eigenvalue weighted by atomic mass is 16.5. The molecule has 0 spiro atoms. The fraction of sp³-hybridized carbons (Fsp3) is 0.409. The third-order valence-electron chi connectivity index (χ3n) is 5.13. The third-order valence-corrected chi connectivity index (χ3v) is 5.13. The van der Waals surface area contributed by atoms with E-state index in [-0.39, 0.29) is 18.1 Å². The van der Waals surface area contributed by atoms with Crippen molar-refractivity contribution in [3.05, 3.63) is 48.0 Å². The van der Waals surface area contributed by atoms with Gasteiger partial charge in [0.15, 0.2) is 0 Å². The fourth-order valence-electron chi connectivity index (χ4n) is 3.37. The van der Waals surface area contributed by atoms with Gasteiger partial charge in [0.1, 0.15) is 17.6 Å². The van der Waals surface area contributed by atoms with Gasteiger partial charge in [-0.1, -0.05) is 24.3 Å². The highest BCUT2D eigenvalue weighted by Gasteiger charge is 2.28. The highest BCUT2D eigenvalue weighted by Crippen LogP contribution is 2.35. The van der Waals surface area contributed by atoms with Crippen LogP contribution < -0.4 is 14.8 Å². The van der Waals surface area contributed by atoms with Gasteiger partial charge in [0.25, 0.3) is 0 Å². The van der Waals surface area contributed by atoms with Gasteiger partial charge >= 0.3 is 0 Å². The lowest BCUT2D eigenvalue weighted by molar-refractivity contribution is -0.120. The molecule has 26 heavy (non-hydrogen) atoms. The molecule has 136 valence electrons. The molecule has 1 N–H and O–H groups in total. The third kappa shape index (κ3) is 3.85. The Morgan fingerprint density at radius 1 is 1.19 bits per heavy atom. The van der Waals surface area contributed by atoms with Crippen LogP contribution in [0.3, 0.4) is 0 Å². The van der Waals surface area contributed by atoms with Crippen LogP contribution in [0.5, 0.6) is 11.5 Å². The Morgan fingerprint density at radius 2 is 1.92 bits per heavy atom. The summed E-state index contributed by atoms with van der Waals surface area (Å²) in [6.45, 7) is 4.36. The summed E-state index contributed by atoms with van der Waals surface area (Å²) in [6, 6.07) is 14.6. The number of amides is 1. The number of ether oxygens (including phenoxy) is 2. The van der Waals surface area contributed by atoms with Crippen molar-refractivity contribution >= 4 is 5.91 Å². The zero-order chi connectivity index (χ0) is 18.1. The lowest BCUT2D eigenvalue weighted by Gasteiger charge is -2.19. The molecule has 0 unspecified atom stereocenters. The van der Waals surface area contributed by atoms with Crippen LogP contribution in [0.4, 0.5) is 0 Å². The quantitative estimate of drug-likeness (QED) is 0.857. The van der Waals surface area contributed by atoms with Crippen LogP contribution in [-0.4, -0.2) is 24.7 Å². The summed E-state index contributed by atoms with van der Waals surface area (Å²) in [6.07, 6.45) is 3.41. The molecule has 4 nitrogen and oxygen atoms in total. The lowest BCUT2D eigenvalue weighted by Crippen LogP contribution is -2.42. The van der Waals surface area contributed by atoms with Gasteiger partial charge in [-0.15, -0.1) is 0 Å². The number of carbonyl (C=O) groups is 1. The van der Waals surface area contributed by atoms with Crippen LogP contribution >= 0.6 is 0 Å². The molecular weight excluding hydrogens is 326 g/mol. The first-order valence-corrected chi connectivity index (χ1v) is 9.38. The Morgan fingerprint density at radius 3 is 2.62 bits per heavy atom. The van der Waals surface area contributed by atoms with E-state index in [4.69, 9.17) is 9.47 Å². The predicted molar refractivity (Wildman–Crippen MR) is 101 cm³/mol. The molecule has 2 aromatic rings. The van der Waals surface area contributed by atoms with Gasteiger partial charge in [0, 0.05) is 13.3 Å². The number of hydrogen-bond donors (Lipinski definition) is 1. The number of nitrogens with one attached hydrogen (secondary N) is 1. The Bertz CT molecular complexity index is 796. The van der Waals surface area contributed by atoms with Crippen molar-refractivity contribution in [2.24, 2.45) is 5.92 Å². The number of carbonyl (C=O) groups excluding carboxylic acids is 1. The maximum Gasteiger partial charge on any atom is 0.217 e. The predicted octanol–water partition coefficient (Wildman–Crippen LogP) is 3.97. The first-order chi connectivity index (χ1) is 12.6. The lowest BCUT2D eigenvalue weighted by atomic mass is 10.0. The summed E-state index contributed by atoms with van der Waals surface area (Å²) >= 11 is 0. The van der Waals surface area contributed by atoms with Crippen LogP contribution in [0, 0.1) is 5.92 Å². The maximum atomic E-state index is 11.3. The zero-order valence-electron chi connectivity index (χ0n) is 15.3. The second-order valence-electron chi connectivity index (χ2n) is 7.45. The van der Waals surface area contributed by atoms with E-state index < -0.39 is 0 Å². The molecule has 1 heterocycles. The molecule has 0 saturated heterocycles. The molecule has 4 heteroatoms. The molecule has 0 bridgehead atoms. The second kappa shape index (κ2) is 7.02. The Hall–Kier alpha value is -2.49. The fourth-order valence-corrected chi connectivity index (χ4v) is 3.37. The smallest absolute Gasteiger partial charge is 0.217 e. The minimum absolute atomic E-state index is 0.00810. The Labute approximate surface area is 154 Å². The number of fused-ring (bicyclic) bond motifs is 1. The van der Waals surface area contributed by atoms with Crippen LogP contribution in [0.2, 0.25) is 0 Å². The van der Waals surface area contributed by atoms with E-state index in [9.17, 15) is 4.79 Å². The molecule has 1 saturated carbocycles. The largest absolute Gasteiger partial charge is 0.493 e. The van der Waals surface area contributed by atoms with Crippen LogP contribution in [0.1, 0.15) is 32.3 Å². The van der Waals surface area contributed by atoms with Crippen molar-refractivity contribution in [2.75, 3.05) is 6.61 Å². The molecule has 1 fully saturated rings. The monoisotopic (exact) mass is 351 g/mol. The maximum absolute atomic E-state index is 11.3. The van der Waals surface area contributed by atoms with E-state index in [2.05, 4.69) is 35.6 Å². The first kappa shape index (κ1) is 17.0. The van der Waals surface area contributed by atoms with Gasteiger partial charge in [-0.3, -0.25) is 4.79 Å². The Kier molecular flexibility index (Phi) is 4.58. The standard InChI is InChI=1S/C22H25NO3/c1-14(23-15(2)24)21-12-19-6-5-18(11-22(19)26-21)17-7-9-20(10-8-17)25-13-16-3-4-16/h5-11,14,16,21H,3-4,12-13H2,1-2H3,(H,23,24)/t14-,21+/m1/s1. The number of rotatable bonds is 6. The number of benzene rings is 2. The summed E-state index contributed by atoms with van der Waals surface area (Å²) in [5.74, 6) is 2.58. The summed E-state index contributed by atoms with van der Waals surface area (Å²) < 4.78 is 11.9. The SMILES string of the molecule is CC(=O)N[C@H](C)[C@@H]1Cc2ccc(-c3ccc(OCC4CC4)cc3)cc2O1. The first-order valence-electron chi connectivity index (χ1n) is 9.38. The van der Waals surface area contributed by atoms with E-state index in [1.165, 1.54) is 25.3 Å². The van der Waals surface area contributed by atoms with Gasteiger partial charge in [0.05, 0.1) is 12.6 Å². The minimum atomic E-state index is -0.0262. The Balaban J connectivity index is 1.44. The molecule has 1 aliphatic carbocycles. The van der Waals surface area contributed by atoms with E-state index in [1.54, 1.807) is 0 Å². The average molecular weight is 351 g/mol. The normalized spacial score (nSPS) is 19.4. The minimum Gasteiger partial charge on any atom is -0.493 e. The topological polar surface area (TPSA) is 47.6 Å². The molecule has 1 amide bonds. The van der Waals surface area contributed by atoms with E-state index in [0.29, 0.717) is 0 Å². The summed E-state index contributed by atoms with van der Waals surface area (Å²) in [4.78, 5) is 11.3. The molecule has 1 aliphatic heterocycles. The molecular formula is C22H25NO3. The second-order valence-corrected chi connectivity index (χ2v) is 7.45. The van der Waals surface area contributed by atoms with Crippen molar-refractivity contribution in [1.82, 2.24) is 5.32 Å². The molecule has 2 aromatic carbocycles. The van der Waals surface area contributed by atoms with Gasteiger partial charge in [-0.05, 0) is 60.6 Å². The van der Waals surface area contributed by atoms with Crippen molar-refractivity contribution < 1.29 is 14.3 Å². The van der Waals surface area contributed by atoms with Crippen LogP contribution in [0.15, 0.2) is 42.5 Å². The van der Waals surface area contributed by atoms with Crippen molar-refractivity contribution in [1.29, 1.82) is 0 Å². The van der Waals surface area contributed by atoms with Crippen molar-refractivity contribution in [3.8, 4) is 22.6 Å². The summed E-state index contributed by atoms with van der Waals surface area (Å²) in [5, 5.41) is 2.92. The molecule has 2 aliphatic rings. The van der Waals surface area contributed by atoms with E-state index >= 15 is 0 Å². The summed E-state index contributed by atoms with van der Waals surface area (Å²) in [7, 11) is 0. The van der Waals surface area contributed by atoms with Gasteiger partial charge < -0.3 is 14.8 Å². The van der Waals surface area contributed by atoms with Crippen LogP contribution in [0.25, 0.3) is 11.1 Å². The molecule has 4 rings (SSSR count). The van der Waals surface area contributed by atoms with Crippen LogP contribution in [-0.2, 0) is 11.2 Å². The number of hydrogen-bond acceptors (Lipinski definition) is 3. The van der Waals surface area contributed by atoms with Crippen molar-refractivity contribution in [2.45, 2.75) is 45.3 Å². The molecule has 0 radical (unpaired) electrons. The summed E-state index contributed by atoms with van der Waals surface area (Å²) in [5.41, 5.74) is 3.47. The van der Waals surface area contributed by atoms with E-state index in [1.807, 2.05) is 19.1 Å². The van der Waals surface area contributed by atoms with Gasteiger partial charge in [-0.2, -0.15) is 0 Å². The van der Waals surface area contributed by atoms with E-state index in [0.717, 1.165) is 41.6 Å². The van der Waals surface area contributed by atoms with Crippen molar-refractivity contribution in [3.63, 3.8) is 0 Å². The molecule has 2 atom stereocenters.